The quantitative estimate of drug-likeness (QED) is 0.0957. The number of amides is 4. The number of nitrogens with one attached hydrogen (secondary N) is 3. The third kappa shape index (κ3) is 14.0. The predicted octanol–water partition coefficient (Wildman–Crippen LogP) is 4.74. The van der Waals surface area contributed by atoms with E-state index in [1.165, 1.54) is 17.1 Å². The lowest BCUT2D eigenvalue weighted by atomic mass is 9.78. The Kier molecular flexibility index (Phi) is 18.8. The van der Waals surface area contributed by atoms with E-state index in [1.54, 1.807) is 6.20 Å². The van der Waals surface area contributed by atoms with Crippen LogP contribution < -0.4 is 16.0 Å². The zero-order valence-electron chi connectivity index (χ0n) is 36.6. The molecule has 0 spiro atoms. The summed E-state index contributed by atoms with van der Waals surface area (Å²) in [6.07, 6.45) is 2.14. The van der Waals surface area contributed by atoms with Crippen molar-refractivity contribution >= 4 is 29.5 Å². The second-order valence-electron chi connectivity index (χ2n) is 16.4. The molecule has 0 aliphatic carbocycles. The molecule has 3 aliphatic heterocycles. The first-order chi connectivity index (χ1) is 29.6. The number of rotatable bonds is 22. The van der Waals surface area contributed by atoms with Crippen molar-refractivity contribution in [1.82, 2.24) is 30.7 Å². The summed E-state index contributed by atoms with van der Waals surface area (Å²) in [6.45, 7) is 12.3. The van der Waals surface area contributed by atoms with E-state index in [0.29, 0.717) is 26.1 Å². The van der Waals surface area contributed by atoms with Crippen molar-refractivity contribution in [3.8, 4) is 0 Å². The lowest BCUT2D eigenvalue weighted by Crippen LogP contribution is -2.63. The molecule has 0 radical (unpaired) electrons. The topological polar surface area (TPSA) is 162 Å². The minimum Gasteiger partial charge on any atom is -0.450 e. The van der Waals surface area contributed by atoms with Crippen LogP contribution in [-0.4, -0.2) is 133 Å². The van der Waals surface area contributed by atoms with Gasteiger partial charge in [0.15, 0.2) is 0 Å². The lowest BCUT2D eigenvalue weighted by molar-refractivity contribution is -0.143. The van der Waals surface area contributed by atoms with Gasteiger partial charge in [-0.3, -0.25) is 19.3 Å². The molecule has 0 bridgehead atoms. The van der Waals surface area contributed by atoms with Gasteiger partial charge in [0.05, 0.1) is 43.7 Å². The number of ether oxygens (including phenoxy) is 3. The molecule has 0 saturated carbocycles. The van der Waals surface area contributed by atoms with E-state index >= 15 is 8.78 Å². The number of nitrogens with zero attached hydrogens (tertiary/aromatic N) is 3. The second-order valence-corrected chi connectivity index (χ2v) is 16.4. The Bertz CT molecular complexity index is 1850. The molecule has 4 unspecified atom stereocenters. The number of benzene rings is 2. The van der Waals surface area contributed by atoms with Crippen LogP contribution in [0.1, 0.15) is 65.5 Å². The van der Waals surface area contributed by atoms with Crippen LogP contribution in [0.2, 0.25) is 0 Å². The van der Waals surface area contributed by atoms with Crippen molar-refractivity contribution < 1.29 is 51.7 Å². The zero-order valence-corrected chi connectivity index (χ0v) is 36.6. The Morgan fingerprint density at radius 1 is 0.968 bits per heavy atom. The highest BCUT2D eigenvalue weighted by Gasteiger charge is 2.47. The number of imide groups is 1. The van der Waals surface area contributed by atoms with Crippen LogP contribution in [0.5, 0.6) is 0 Å². The minimum absolute atomic E-state index is 0.0136. The van der Waals surface area contributed by atoms with Gasteiger partial charge in [-0.25, -0.2) is 18.0 Å². The van der Waals surface area contributed by atoms with Crippen LogP contribution in [0.4, 0.5) is 18.0 Å². The van der Waals surface area contributed by atoms with E-state index in [0.717, 1.165) is 28.7 Å². The van der Waals surface area contributed by atoms with E-state index < -0.39 is 65.6 Å². The van der Waals surface area contributed by atoms with Gasteiger partial charge in [-0.15, -0.1) is 0 Å². The molecule has 17 heteroatoms. The van der Waals surface area contributed by atoms with Gasteiger partial charge in [-0.1, -0.05) is 58.0 Å². The highest BCUT2D eigenvalue weighted by molar-refractivity contribution is 6.12. The van der Waals surface area contributed by atoms with Crippen molar-refractivity contribution in [1.29, 1.82) is 0 Å². The van der Waals surface area contributed by atoms with Gasteiger partial charge in [0, 0.05) is 69.2 Å². The number of hydrogen-bond donors (Lipinski definition) is 4. The molecule has 342 valence electrons. The Morgan fingerprint density at radius 3 is 2.34 bits per heavy atom. The monoisotopic (exact) mass is 872 g/mol. The number of halogens is 3. The molecular formula is C45H63F3N6O8. The summed E-state index contributed by atoms with van der Waals surface area (Å²) >= 11 is 0. The molecule has 14 nitrogen and oxygen atoms in total. The van der Waals surface area contributed by atoms with E-state index in [2.05, 4.69) is 16.0 Å². The molecule has 4 atom stereocenters. The maximum atomic E-state index is 15.2. The van der Waals surface area contributed by atoms with Crippen LogP contribution in [0.15, 0.2) is 66.9 Å². The summed E-state index contributed by atoms with van der Waals surface area (Å²) in [5, 5.41) is 19.3. The summed E-state index contributed by atoms with van der Waals surface area (Å²) < 4.78 is 62.0. The van der Waals surface area contributed by atoms with E-state index in [-0.39, 0.29) is 75.5 Å². The molecule has 1 saturated heterocycles. The number of alkyl carbamates (subject to hydrolysis) is 1. The highest BCUT2D eigenvalue weighted by Crippen LogP contribution is 2.38. The van der Waals surface area contributed by atoms with Gasteiger partial charge in [0.1, 0.15) is 30.6 Å². The maximum absolute atomic E-state index is 15.2. The first kappa shape index (κ1) is 49.7. The van der Waals surface area contributed by atoms with Gasteiger partial charge in [0.25, 0.3) is 11.8 Å². The SMILES string of the molecule is CC.CC(C)(CCOCCNC(=O)OCCC(C)(C)C(C1NC(c2cc(F)ccc2F)=CN1Cc1ccccc1)N(CC1CNCC1F)C(=O)CO)OCCN1C(=O)C=CC1=O. The molecule has 3 heterocycles. The fourth-order valence-electron chi connectivity index (χ4n) is 7.58. The Morgan fingerprint density at radius 2 is 1.68 bits per heavy atom. The molecule has 5 rings (SSSR count). The number of hydrogen-bond acceptors (Lipinski definition) is 11. The van der Waals surface area contributed by atoms with E-state index in [1.807, 2.05) is 76.8 Å². The van der Waals surface area contributed by atoms with Crippen molar-refractivity contribution in [3.05, 3.63) is 89.6 Å². The number of carbonyl (C=O) groups excluding carboxylic acids is 4. The molecule has 0 aromatic heterocycles. The van der Waals surface area contributed by atoms with Crippen molar-refractivity contribution in [2.75, 3.05) is 65.8 Å². The molecular weight excluding hydrogens is 810 g/mol. The Labute approximate surface area is 362 Å². The first-order valence-electron chi connectivity index (χ1n) is 21.2. The van der Waals surface area contributed by atoms with Gasteiger partial charge in [-0.2, -0.15) is 0 Å². The van der Waals surface area contributed by atoms with Gasteiger partial charge in [-0.05, 0) is 55.9 Å². The summed E-state index contributed by atoms with van der Waals surface area (Å²) in [7, 11) is 0. The molecule has 2 aromatic rings. The molecule has 4 amide bonds. The van der Waals surface area contributed by atoms with Crippen LogP contribution in [0.25, 0.3) is 5.70 Å². The third-order valence-electron chi connectivity index (χ3n) is 11.0. The van der Waals surface area contributed by atoms with Crippen LogP contribution in [0.3, 0.4) is 0 Å². The van der Waals surface area contributed by atoms with Gasteiger partial charge < -0.3 is 45.1 Å². The molecule has 2 aromatic carbocycles. The number of aliphatic hydroxyl groups is 1. The zero-order chi connectivity index (χ0) is 45.5. The second kappa shape index (κ2) is 23.5. The molecule has 1 fully saturated rings. The van der Waals surface area contributed by atoms with E-state index in [4.69, 9.17) is 14.2 Å². The van der Waals surface area contributed by atoms with Crippen molar-refractivity contribution in [2.24, 2.45) is 11.3 Å². The van der Waals surface area contributed by atoms with Crippen LogP contribution in [-0.2, 0) is 35.1 Å². The molecule has 4 N–H and O–H groups in total. The number of alkyl halides is 1. The summed E-state index contributed by atoms with van der Waals surface area (Å²) in [5.74, 6) is -3.24. The van der Waals surface area contributed by atoms with Crippen LogP contribution in [0, 0.1) is 23.0 Å². The first-order valence-corrected chi connectivity index (χ1v) is 21.2. The standard InChI is InChI=1S/C43H57F3N6O8.C2H6/c1-42(2,14-19-59-41(57)48-16-20-58-18-15-43(3,4)60-21-17-51-36(54)12-13-37(51)55)39(52(38(56)28-53)26-30-23-47-24-34(30)46)40-49-35(32-22-31(44)10-11-33(32)45)27-50(40)25-29-8-6-5-7-9-29;1-2/h5-13,22,27,30,34,39-40,47,49,53H,14-21,23-26,28H2,1-4H3,(H,48,57);1-2H3. The maximum Gasteiger partial charge on any atom is 0.407 e. The average Bonchev–Trinajstić information content (AvgIpc) is 3.94. The summed E-state index contributed by atoms with van der Waals surface area (Å²) in [5.41, 5.74) is -0.328. The Hall–Kier alpha value is -4.97. The van der Waals surface area contributed by atoms with Crippen LogP contribution >= 0.6 is 0 Å². The largest absolute Gasteiger partial charge is 0.450 e. The predicted molar refractivity (Wildman–Crippen MR) is 228 cm³/mol. The molecule has 62 heavy (non-hydrogen) atoms. The summed E-state index contributed by atoms with van der Waals surface area (Å²) in [4.78, 5) is 54.5. The lowest BCUT2D eigenvalue weighted by Gasteiger charge is -2.48. The fraction of sp³-hybridized carbons (Fsp3) is 0.556. The Balaban J connectivity index is 0.00000416. The summed E-state index contributed by atoms with van der Waals surface area (Å²) in [6, 6.07) is 11.8. The van der Waals surface area contributed by atoms with Crippen molar-refractivity contribution in [2.45, 2.75) is 84.9 Å². The third-order valence-corrected chi connectivity index (χ3v) is 11.0. The number of carbonyl (C=O) groups is 4. The number of aliphatic hydroxyl groups excluding tert-OH is 1. The normalized spacial score (nSPS) is 19.2. The van der Waals surface area contributed by atoms with Gasteiger partial charge >= 0.3 is 6.09 Å². The average molecular weight is 873 g/mol. The molecule has 3 aliphatic rings. The minimum atomic E-state index is -1.24. The highest BCUT2D eigenvalue weighted by atomic mass is 19.1. The smallest absolute Gasteiger partial charge is 0.407 e. The fourth-order valence-corrected chi connectivity index (χ4v) is 7.58. The van der Waals surface area contributed by atoms with Crippen molar-refractivity contribution in [3.63, 3.8) is 0 Å². The van der Waals surface area contributed by atoms with Gasteiger partial charge in [0.2, 0.25) is 5.91 Å². The van der Waals surface area contributed by atoms with E-state index in [9.17, 15) is 28.7 Å².